The number of Topliss-reactive ketones (excluding diaryl/α,β-unsaturated/α-hetero) is 1. The Hall–Kier alpha value is -2.43. The van der Waals surface area contributed by atoms with Crippen LogP contribution in [-0.4, -0.2) is 14.2 Å². The highest BCUT2D eigenvalue weighted by Crippen LogP contribution is 2.33. The van der Waals surface area contributed by atoms with Crippen molar-refractivity contribution in [2.75, 3.05) is 0 Å². The van der Waals surface area contributed by atoms with Crippen molar-refractivity contribution in [3.8, 4) is 0 Å². The van der Waals surface area contributed by atoms with Crippen LogP contribution in [0.2, 0.25) is 5.02 Å². The summed E-state index contributed by atoms with van der Waals surface area (Å²) in [5.74, 6) is -0.212. The maximum absolute atomic E-state index is 13.4. The summed E-state index contributed by atoms with van der Waals surface area (Å²) in [6, 6.07) is 20.5. The maximum Gasteiger partial charge on any atom is 0.185 e. The third kappa shape index (κ3) is 4.51. The molecule has 0 spiro atoms. The van der Waals surface area contributed by atoms with Crippen molar-refractivity contribution in [2.24, 2.45) is 0 Å². The van der Waals surface area contributed by atoms with E-state index in [4.69, 9.17) is 11.6 Å². The fourth-order valence-electron chi connectivity index (χ4n) is 3.00. The fourth-order valence-corrected chi connectivity index (χ4v) is 4.86. The minimum atomic E-state index is -3.76. The van der Waals surface area contributed by atoms with Gasteiger partial charge in [-0.3, -0.25) is 4.79 Å². The van der Waals surface area contributed by atoms with E-state index in [9.17, 15) is 13.2 Å². The molecule has 3 nitrogen and oxygen atoms in total. The summed E-state index contributed by atoms with van der Waals surface area (Å²) >= 11 is 5.97. The zero-order chi connectivity index (χ0) is 20.3. The van der Waals surface area contributed by atoms with Crippen LogP contribution in [-0.2, 0) is 9.84 Å². The molecule has 1 unspecified atom stereocenters. The summed E-state index contributed by atoms with van der Waals surface area (Å²) in [7, 11) is -3.76. The van der Waals surface area contributed by atoms with E-state index in [1.165, 1.54) is 0 Å². The fraction of sp³-hybridized carbons (Fsp3) is 0.174. The summed E-state index contributed by atoms with van der Waals surface area (Å²) in [5.41, 5.74) is 3.06. The topological polar surface area (TPSA) is 51.2 Å². The predicted molar refractivity (Wildman–Crippen MR) is 113 cm³/mol. The highest BCUT2D eigenvalue weighted by molar-refractivity contribution is 7.91. The van der Waals surface area contributed by atoms with E-state index in [0.29, 0.717) is 16.1 Å². The van der Waals surface area contributed by atoms with Gasteiger partial charge in [0.15, 0.2) is 15.6 Å². The predicted octanol–water partition coefficient (Wildman–Crippen LogP) is 5.74. The molecule has 5 heteroatoms. The van der Waals surface area contributed by atoms with Crippen LogP contribution < -0.4 is 0 Å². The summed E-state index contributed by atoms with van der Waals surface area (Å²) in [4.78, 5) is 13.1. The standard InChI is InChI=1S/C23H21ClO3S/c1-16-3-7-18(8-4-16)22(25)15-23(19-9-11-20(24)12-10-19)28(26,27)21-13-5-17(2)6-14-21/h3-14,23H,15H2,1-2H3. The molecule has 0 radical (unpaired) electrons. The number of rotatable bonds is 6. The van der Waals surface area contributed by atoms with E-state index in [-0.39, 0.29) is 17.1 Å². The quantitative estimate of drug-likeness (QED) is 0.484. The van der Waals surface area contributed by atoms with Crippen molar-refractivity contribution in [2.45, 2.75) is 30.4 Å². The minimum absolute atomic E-state index is 0.138. The second-order valence-corrected chi connectivity index (χ2v) is 9.46. The highest BCUT2D eigenvalue weighted by atomic mass is 35.5. The van der Waals surface area contributed by atoms with Crippen LogP contribution in [0.4, 0.5) is 0 Å². The van der Waals surface area contributed by atoms with Crippen molar-refractivity contribution >= 4 is 27.2 Å². The van der Waals surface area contributed by atoms with Crippen molar-refractivity contribution in [1.29, 1.82) is 0 Å². The summed E-state index contributed by atoms with van der Waals surface area (Å²) in [5, 5.41) is -0.471. The normalized spacial score (nSPS) is 12.5. The summed E-state index contributed by atoms with van der Waals surface area (Å²) in [6.07, 6.45) is -0.138. The van der Waals surface area contributed by atoms with E-state index in [0.717, 1.165) is 11.1 Å². The summed E-state index contributed by atoms with van der Waals surface area (Å²) < 4.78 is 26.7. The molecular weight excluding hydrogens is 392 g/mol. The molecular formula is C23H21ClO3S. The summed E-state index contributed by atoms with van der Waals surface area (Å²) in [6.45, 7) is 3.83. The Morgan fingerprint density at radius 1 is 0.821 bits per heavy atom. The Labute approximate surface area is 170 Å². The smallest absolute Gasteiger partial charge is 0.185 e. The Morgan fingerprint density at radius 2 is 1.32 bits per heavy atom. The van der Waals surface area contributed by atoms with E-state index in [1.807, 2.05) is 26.0 Å². The number of benzene rings is 3. The van der Waals surface area contributed by atoms with Gasteiger partial charge < -0.3 is 0 Å². The van der Waals surface area contributed by atoms with E-state index >= 15 is 0 Å². The van der Waals surface area contributed by atoms with Crippen molar-refractivity contribution in [1.82, 2.24) is 0 Å². The van der Waals surface area contributed by atoms with Crippen LogP contribution in [0.1, 0.15) is 38.7 Å². The Bertz CT molecular complexity index is 1070. The average molecular weight is 413 g/mol. The lowest BCUT2D eigenvalue weighted by Crippen LogP contribution is -2.18. The first-order chi connectivity index (χ1) is 13.3. The molecule has 144 valence electrons. The Kier molecular flexibility index (Phi) is 6.01. The molecule has 3 aromatic carbocycles. The third-order valence-corrected chi connectivity index (χ3v) is 7.08. The Balaban J connectivity index is 2.02. The number of hydrogen-bond acceptors (Lipinski definition) is 3. The van der Waals surface area contributed by atoms with Gasteiger partial charge in [0.2, 0.25) is 0 Å². The molecule has 0 bridgehead atoms. The molecule has 0 amide bonds. The maximum atomic E-state index is 13.4. The lowest BCUT2D eigenvalue weighted by Gasteiger charge is -2.18. The number of halogens is 1. The van der Waals surface area contributed by atoms with Crippen LogP contribution >= 0.6 is 11.6 Å². The number of sulfone groups is 1. The molecule has 0 aliphatic rings. The number of aryl methyl sites for hydroxylation is 2. The number of carbonyl (C=O) groups is 1. The molecule has 0 aliphatic heterocycles. The van der Waals surface area contributed by atoms with Gasteiger partial charge in [-0.2, -0.15) is 0 Å². The van der Waals surface area contributed by atoms with Gasteiger partial charge in [-0.15, -0.1) is 0 Å². The van der Waals surface area contributed by atoms with Gasteiger partial charge in [0.25, 0.3) is 0 Å². The highest BCUT2D eigenvalue weighted by Gasteiger charge is 2.31. The Morgan fingerprint density at radius 3 is 1.86 bits per heavy atom. The molecule has 0 fully saturated rings. The lowest BCUT2D eigenvalue weighted by atomic mass is 10.0. The largest absolute Gasteiger partial charge is 0.294 e. The number of carbonyl (C=O) groups excluding carboxylic acids is 1. The average Bonchev–Trinajstić information content (AvgIpc) is 2.67. The van der Waals surface area contributed by atoms with Gasteiger partial charge in [0.05, 0.1) is 10.1 Å². The minimum Gasteiger partial charge on any atom is -0.294 e. The van der Waals surface area contributed by atoms with Gasteiger partial charge in [0.1, 0.15) is 0 Å². The van der Waals surface area contributed by atoms with Crippen molar-refractivity contribution in [3.05, 3.63) is 100 Å². The number of ketones is 1. The molecule has 0 N–H and O–H groups in total. The van der Waals surface area contributed by atoms with Gasteiger partial charge >= 0.3 is 0 Å². The van der Waals surface area contributed by atoms with Crippen molar-refractivity contribution in [3.63, 3.8) is 0 Å². The SMILES string of the molecule is Cc1ccc(C(=O)CC(c2ccc(Cl)cc2)S(=O)(=O)c2ccc(C)cc2)cc1. The molecule has 28 heavy (non-hydrogen) atoms. The van der Waals surface area contributed by atoms with Crippen LogP contribution in [0.5, 0.6) is 0 Å². The van der Waals surface area contributed by atoms with E-state index in [2.05, 4.69) is 0 Å². The van der Waals surface area contributed by atoms with Crippen LogP contribution in [0.15, 0.2) is 77.7 Å². The zero-order valence-corrected chi connectivity index (χ0v) is 17.3. The van der Waals surface area contributed by atoms with Gasteiger partial charge in [0, 0.05) is 17.0 Å². The van der Waals surface area contributed by atoms with E-state index < -0.39 is 15.1 Å². The molecule has 0 aromatic heterocycles. The second-order valence-electron chi connectivity index (χ2n) is 6.89. The monoisotopic (exact) mass is 412 g/mol. The lowest BCUT2D eigenvalue weighted by molar-refractivity contribution is 0.0980. The molecule has 0 saturated heterocycles. The van der Waals surface area contributed by atoms with Gasteiger partial charge in [-0.05, 0) is 43.7 Å². The van der Waals surface area contributed by atoms with Crippen LogP contribution in [0.25, 0.3) is 0 Å². The van der Waals surface area contributed by atoms with Crippen LogP contribution in [0, 0.1) is 13.8 Å². The first kappa shape index (κ1) is 20.3. The second kappa shape index (κ2) is 8.29. The van der Waals surface area contributed by atoms with Crippen molar-refractivity contribution < 1.29 is 13.2 Å². The molecule has 3 rings (SSSR count). The molecule has 3 aromatic rings. The van der Waals surface area contributed by atoms with Crippen LogP contribution in [0.3, 0.4) is 0 Å². The van der Waals surface area contributed by atoms with Gasteiger partial charge in [-0.1, -0.05) is 71.3 Å². The number of hydrogen-bond donors (Lipinski definition) is 0. The molecule has 0 heterocycles. The molecule has 0 saturated carbocycles. The molecule has 0 aliphatic carbocycles. The third-order valence-electron chi connectivity index (χ3n) is 4.71. The zero-order valence-electron chi connectivity index (χ0n) is 15.7. The first-order valence-corrected chi connectivity index (χ1v) is 10.9. The first-order valence-electron chi connectivity index (χ1n) is 8.93. The van der Waals surface area contributed by atoms with E-state index in [1.54, 1.807) is 60.7 Å². The van der Waals surface area contributed by atoms with Gasteiger partial charge in [-0.25, -0.2) is 8.42 Å². The molecule has 1 atom stereocenters.